The minimum atomic E-state index is -0.105. The topological polar surface area (TPSA) is 77.7 Å². The molecule has 0 saturated carbocycles. The van der Waals surface area contributed by atoms with E-state index in [1.54, 1.807) is 24.2 Å². The Morgan fingerprint density at radius 2 is 2.28 bits per heavy atom. The van der Waals surface area contributed by atoms with Crippen molar-refractivity contribution in [2.24, 2.45) is 0 Å². The molecule has 1 atom stereocenters. The van der Waals surface area contributed by atoms with Gasteiger partial charge in [-0.1, -0.05) is 11.2 Å². The van der Waals surface area contributed by atoms with Gasteiger partial charge in [0.15, 0.2) is 5.76 Å². The molecule has 1 fully saturated rings. The number of aromatic nitrogens is 2. The van der Waals surface area contributed by atoms with E-state index in [-0.39, 0.29) is 18.6 Å². The predicted molar refractivity (Wildman–Crippen MR) is 90.6 cm³/mol. The summed E-state index contributed by atoms with van der Waals surface area (Å²) in [5, 5.41) is 4.00. The van der Waals surface area contributed by atoms with Crippen LogP contribution < -0.4 is 0 Å². The Kier molecular flexibility index (Phi) is 6.14. The van der Waals surface area contributed by atoms with Crippen LogP contribution in [0.5, 0.6) is 0 Å². The molecule has 0 N–H and O–H groups in total. The number of carbonyl (C=O) groups excluding carboxylic acids is 1. The number of ether oxygens (including phenoxy) is 2. The highest BCUT2D eigenvalue weighted by Gasteiger charge is 2.17. The molecule has 1 saturated heterocycles. The highest BCUT2D eigenvalue weighted by atomic mass is 16.5. The first-order valence-corrected chi connectivity index (χ1v) is 8.52. The molecule has 1 amide bonds. The fraction of sp³-hybridized carbons (Fsp3) is 0.500. The van der Waals surface area contributed by atoms with Crippen molar-refractivity contribution in [3.05, 3.63) is 36.2 Å². The number of amides is 1. The number of likely N-dealkylation sites (N-methyl/N-ethyl adjacent to an activating group) is 1. The maximum absolute atomic E-state index is 12.2. The van der Waals surface area contributed by atoms with Crippen molar-refractivity contribution in [3.8, 4) is 11.4 Å². The first kappa shape index (κ1) is 17.6. The second kappa shape index (κ2) is 8.73. The van der Waals surface area contributed by atoms with Gasteiger partial charge in [-0.05, 0) is 31.4 Å². The molecular weight excluding hydrogens is 322 g/mol. The monoisotopic (exact) mass is 345 g/mol. The van der Waals surface area contributed by atoms with Crippen LogP contribution in [0.15, 0.2) is 35.0 Å². The molecule has 134 valence electrons. The zero-order chi connectivity index (χ0) is 17.5. The van der Waals surface area contributed by atoms with Crippen molar-refractivity contribution in [2.45, 2.75) is 31.9 Å². The van der Waals surface area contributed by atoms with Crippen LogP contribution in [-0.2, 0) is 20.8 Å². The normalized spacial score (nSPS) is 17.4. The molecule has 0 spiro atoms. The van der Waals surface area contributed by atoms with Gasteiger partial charge in [0.25, 0.3) is 0 Å². The number of rotatable bonds is 7. The molecule has 0 bridgehead atoms. The molecule has 7 heteroatoms. The third-order valence-electron chi connectivity index (χ3n) is 4.11. The fourth-order valence-electron chi connectivity index (χ4n) is 2.67. The van der Waals surface area contributed by atoms with E-state index in [2.05, 4.69) is 10.1 Å². The van der Waals surface area contributed by atoms with Gasteiger partial charge in [-0.25, -0.2) is 0 Å². The second-order valence-electron chi connectivity index (χ2n) is 6.15. The number of hydrogen-bond acceptors (Lipinski definition) is 6. The Morgan fingerprint density at radius 3 is 3.04 bits per heavy atom. The first-order chi connectivity index (χ1) is 12.2. The van der Waals surface area contributed by atoms with Crippen molar-refractivity contribution in [3.63, 3.8) is 0 Å². The van der Waals surface area contributed by atoms with Crippen molar-refractivity contribution in [2.75, 3.05) is 26.9 Å². The average Bonchev–Trinajstić information content (AvgIpc) is 3.12. The summed E-state index contributed by atoms with van der Waals surface area (Å²) in [6.07, 6.45) is 5.08. The number of carbonyl (C=O) groups is 1. The Hall–Kier alpha value is -2.25. The van der Waals surface area contributed by atoms with Gasteiger partial charge in [0, 0.05) is 25.9 Å². The zero-order valence-corrected chi connectivity index (χ0v) is 14.4. The van der Waals surface area contributed by atoms with Crippen LogP contribution in [0, 0.1) is 0 Å². The Morgan fingerprint density at radius 1 is 1.36 bits per heavy atom. The van der Waals surface area contributed by atoms with Crippen molar-refractivity contribution < 1.29 is 18.8 Å². The molecule has 7 nitrogen and oxygen atoms in total. The van der Waals surface area contributed by atoms with E-state index in [1.807, 2.05) is 18.2 Å². The molecule has 0 radical (unpaired) electrons. The molecule has 1 unspecified atom stereocenters. The molecule has 0 aromatic carbocycles. The lowest BCUT2D eigenvalue weighted by Crippen LogP contribution is -2.32. The summed E-state index contributed by atoms with van der Waals surface area (Å²) < 4.78 is 16.4. The summed E-state index contributed by atoms with van der Waals surface area (Å²) in [4.78, 5) is 17.9. The van der Waals surface area contributed by atoms with E-state index in [0.717, 1.165) is 31.6 Å². The lowest BCUT2D eigenvalue weighted by molar-refractivity contribution is -0.137. The standard InChI is InChI=1S/C18H23N3O4/c1-21(18(22)13-23-12-14-6-3-5-9-24-14)11-15-10-17(20-25-15)16-7-2-4-8-19-16/h2,4,7-8,10,14H,3,5-6,9,11-13H2,1H3. The summed E-state index contributed by atoms with van der Waals surface area (Å²) in [5.41, 5.74) is 1.39. The first-order valence-electron chi connectivity index (χ1n) is 8.52. The largest absolute Gasteiger partial charge is 0.376 e. The van der Waals surface area contributed by atoms with Crippen molar-refractivity contribution >= 4 is 5.91 Å². The summed E-state index contributed by atoms with van der Waals surface area (Å²) in [5.74, 6) is 0.499. The molecule has 0 aliphatic carbocycles. The predicted octanol–water partition coefficient (Wildman–Crippen LogP) is 2.28. The van der Waals surface area contributed by atoms with Gasteiger partial charge < -0.3 is 18.9 Å². The molecule has 2 aromatic rings. The fourth-order valence-corrected chi connectivity index (χ4v) is 2.67. The van der Waals surface area contributed by atoms with E-state index in [1.165, 1.54) is 0 Å². The van der Waals surface area contributed by atoms with Crippen LogP contribution in [-0.4, -0.2) is 53.9 Å². The van der Waals surface area contributed by atoms with Crippen LogP contribution in [0.25, 0.3) is 11.4 Å². The molecule has 1 aliphatic rings. The van der Waals surface area contributed by atoms with Gasteiger partial charge in [0.2, 0.25) is 5.91 Å². The van der Waals surface area contributed by atoms with Gasteiger partial charge in [-0.2, -0.15) is 0 Å². The summed E-state index contributed by atoms with van der Waals surface area (Å²) >= 11 is 0. The smallest absolute Gasteiger partial charge is 0.248 e. The molecule has 3 rings (SSSR count). The van der Waals surface area contributed by atoms with Gasteiger partial charge in [-0.3, -0.25) is 9.78 Å². The van der Waals surface area contributed by atoms with E-state index in [0.29, 0.717) is 24.6 Å². The highest BCUT2D eigenvalue weighted by Crippen LogP contribution is 2.17. The van der Waals surface area contributed by atoms with Crippen LogP contribution in [0.3, 0.4) is 0 Å². The van der Waals surface area contributed by atoms with Gasteiger partial charge >= 0.3 is 0 Å². The van der Waals surface area contributed by atoms with Crippen molar-refractivity contribution in [1.82, 2.24) is 15.0 Å². The van der Waals surface area contributed by atoms with Crippen LogP contribution >= 0.6 is 0 Å². The SMILES string of the molecule is CN(Cc1cc(-c2ccccn2)no1)C(=O)COCC1CCCCO1. The number of nitrogens with zero attached hydrogens (tertiary/aromatic N) is 3. The Balaban J connectivity index is 1.44. The van der Waals surface area contributed by atoms with Gasteiger partial charge in [0.1, 0.15) is 12.3 Å². The van der Waals surface area contributed by atoms with Crippen molar-refractivity contribution in [1.29, 1.82) is 0 Å². The molecule has 2 aromatic heterocycles. The maximum Gasteiger partial charge on any atom is 0.248 e. The molecule has 1 aliphatic heterocycles. The summed E-state index contributed by atoms with van der Waals surface area (Å²) in [6, 6.07) is 7.38. The van der Waals surface area contributed by atoms with E-state index in [4.69, 9.17) is 14.0 Å². The highest BCUT2D eigenvalue weighted by molar-refractivity contribution is 5.77. The third-order valence-corrected chi connectivity index (χ3v) is 4.11. The van der Waals surface area contributed by atoms with Crippen LogP contribution in [0.4, 0.5) is 0 Å². The number of hydrogen-bond donors (Lipinski definition) is 0. The van der Waals surface area contributed by atoms with E-state index in [9.17, 15) is 4.79 Å². The van der Waals surface area contributed by atoms with Crippen LogP contribution in [0.2, 0.25) is 0 Å². The second-order valence-corrected chi connectivity index (χ2v) is 6.15. The van der Waals surface area contributed by atoms with Gasteiger partial charge in [0.05, 0.1) is 24.9 Å². The lowest BCUT2D eigenvalue weighted by atomic mass is 10.1. The minimum absolute atomic E-state index is 0.0393. The maximum atomic E-state index is 12.2. The Bertz CT molecular complexity index is 668. The number of pyridine rings is 1. The zero-order valence-electron chi connectivity index (χ0n) is 14.4. The lowest BCUT2D eigenvalue weighted by Gasteiger charge is -2.22. The average molecular weight is 345 g/mol. The van der Waals surface area contributed by atoms with E-state index < -0.39 is 0 Å². The summed E-state index contributed by atoms with van der Waals surface area (Å²) in [6.45, 7) is 1.62. The van der Waals surface area contributed by atoms with Gasteiger partial charge in [-0.15, -0.1) is 0 Å². The molecule has 3 heterocycles. The molecule has 25 heavy (non-hydrogen) atoms. The Labute approximate surface area is 146 Å². The minimum Gasteiger partial charge on any atom is -0.376 e. The third kappa shape index (κ3) is 5.11. The quantitative estimate of drug-likeness (QED) is 0.766. The van der Waals surface area contributed by atoms with Crippen LogP contribution in [0.1, 0.15) is 25.0 Å². The molecular formula is C18H23N3O4. The summed E-state index contributed by atoms with van der Waals surface area (Å²) in [7, 11) is 1.71. The van der Waals surface area contributed by atoms with E-state index >= 15 is 0 Å².